The van der Waals surface area contributed by atoms with Crippen molar-refractivity contribution < 1.29 is 14.6 Å². The number of ether oxygens (including phenoxy) is 1. The van der Waals surface area contributed by atoms with Crippen molar-refractivity contribution in [2.45, 2.75) is 25.5 Å². The number of carbonyl (C=O) groups excluding carboxylic acids is 1. The summed E-state index contributed by atoms with van der Waals surface area (Å²) in [5.74, 6) is 0.283. The van der Waals surface area contributed by atoms with Crippen molar-refractivity contribution in [3.8, 4) is 16.9 Å². The van der Waals surface area contributed by atoms with E-state index in [1.54, 1.807) is 12.1 Å². The van der Waals surface area contributed by atoms with Gasteiger partial charge >= 0.3 is 6.09 Å². The highest BCUT2D eigenvalue weighted by Gasteiger charge is 2.22. The van der Waals surface area contributed by atoms with E-state index in [4.69, 9.17) is 4.74 Å². The van der Waals surface area contributed by atoms with Crippen molar-refractivity contribution in [2.75, 3.05) is 18.4 Å². The Morgan fingerprint density at radius 2 is 1.60 bits per heavy atom. The van der Waals surface area contributed by atoms with Gasteiger partial charge in [-0.15, -0.1) is 0 Å². The van der Waals surface area contributed by atoms with E-state index in [0.717, 1.165) is 49.3 Å². The zero-order valence-corrected chi connectivity index (χ0v) is 16.8. The number of carbonyl (C=O) groups is 1. The largest absolute Gasteiger partial charge is 0.508 e. The summed E-state index contributed by atoms with van der Waals surface area (Å²) in [4.78, 5) is 14.8. The second-order valence-electron chi connectivity index (χ2n) is 7.58. The summed E-state index contributed by atoms with van der Waals surface area (Å²) in [6.07, 6.45) is 1.14. The van der Waals surface area contributed by atoms with E-state index < -0.39 is 6.09 Å². The molecule has 154 valence electrons. The number of para-hydroxylation sites is 1. The third kappa shape index (κ3) is 5.19. The van der Waals surface area contributed by atoms with Gasteiger partial charge in [0.15, 0.2) is 0 Å². The first-order valence-electron chi connectivity index (χ1n) is 10.3. The third-order valence-electron chi connectivity index (χ3n) is 5.40. The molecule has 1 saturated heterocycles. The maximum atomic E-state index is 12.5. The van der Waals surface area contributed by atoms with E-state index in [0.29, 0.717) is 0 Å². The normalized spacial score (nSPS) is 14.9. The van der Waals surface area contributed by atoms with Crippen LogP contribution >= 0.6 is 0 Å². The topological polar surface area (TPSA) is 61.8 Å². The van der Waals surface area contributed by atoms with Gasteiger partial charge in [-0.05, 0) is 42.2 Å². The fraction of sp³-hybridized carbons (Fsp3) is 0.240. The third-order valence-corrected chi connectivity index (χ3v) is 5.40. The predicted molar refractivity (Wildman–Crippen MR) is 118 cm³/mol. The van der Waals surface area contributed by atoms with Crippen molar-refractivity contribution in [3.05, 3.63) is 84.4 Å². The molecule has 5 heteroatoms. The molecule has 0 unspecified atom stereocenters. The minimum Gasteiger partial charge on any atom is -0.508 e. The molecule has 0 saturated carbocycles. The van der Waals surface area contributed by atoms with Crippen LogP contribution in [0.15, 0.2) is 78.9 Å². The number of nitrogens with zero attached hydrogens (tertiary/aromatic N) is 1. The van der Waals surface area contributed by atoms with Gasteiger partial charge < -0.3 is 9.84 Å². The first kappa shape index (κ1) is 20.0. The molecule has 0 bridgehead atoms. The van der Waals surface area contributed by atoms with Gasteiger partial charge in [0, 0.05) is 25.2 Å². The van der Waals surface area contributed by atoms with E-state index in [-0.39, 0.29) is 11.9 Å². The van der Waals surface area contributed by atoms with Crippen molar-refractivity contribution in [2.24, 2.45) is 0 Å². The number of amides is 1. The lowest BCUT2D eigenvalue weighted by Gasteiger charge is -2.31. The second kappa shape index (κ2) is 9.46. The first-order valence-corrected chi connectivity index (χ1v) is 10.3. The summed E-state index contributed by atoms with van der Waals surface area (Å²) in [6, 6.07) is 25.0. The van der Waals surface area contributed by atoms with Crippen LogP contribution in [0.3, 0.4) is 0 Å². The zero-order valence-electron chi connectivity index (χ0n) is 16.8. The molecule has 1 amide bonds. The molecule has 1 fully saturated rings. The Morgan fingerprint density at radius 3 is 2.33 bits per heavy atom. The van der Waals surface area contributed by atoms with Crippen LogP contribution in [0, 0.1) is 0 Å². The van der Waals surface area contributed by atoms with Crippen LogP contribution in [0.1, 0.15) is 18.4 Å². The molecule has 1 aliphatic heterocycles. The smallest absolute Gasteiger partial charge is 0.411 e. The fourth-order valence-electron chi connectivity index (χ4n) is 3.80. The maximum absolute atomic E-state index is 12.5. The summed E-state index contributed by atoms with van der Waals surface area (Å²) in [5.41, 5.74) is 3.94. The summed E-state index contributed by atoms with van der Waals surface area (Å²) in [7, 11) is 0. The number of nitrogens with one attached hydrogen (secondary N) is 1. The number of phenolic OH excluding ortho intramolecular Hbond substituents is 1. The Morgan fingerprint density at radius 1 is 0.933 bits per heavy atom. The quantitative estimate of drug-likeness (QED) is 0.610. The van der Waals surface area contributed by atoms with Crippen LogP contribution in [0.4, 0.5) is 10.5 Å². The first-order chi connectivity index (χ1) is 14.7. The molecule has 1 aliphatic rings. The number of hydrogen-bond donors (Lipinski definition) is 2. The van der Waals surface area contributed by atoms with E-state index in [1.165, 1.54) is 5.56 Å². The molecule has 0 aromatic heterocycles. The minimum atomic E-state index is -0.407. The van der Waals surface area contributed by atoms with Crippen LogP contribution < -0.4 is 5.32 Å². The average Bonchev–Trinajstić information content (AvgIpc) is 2.78. The van der Waals surface area contributed by atoms with Gasteiger partial charge in [0.25, 0.3) is 0 Å². The molecule has 30 heavy (non-hydrogen) atoms. The standard InChI is InChI=1S/C25H26N2O3/c28-21-12-10-19(11-13-21)18-27-16-14-22(15-17-27)30-25(29)26-24-9-5-4-8-23(24)20-6-2-1-3-7-20/h1-13,22,28H,14-18H2,(H,26,29). The number of rotatable bonds is 5. The van der Waals surface area contributed by atoms with Gasteiger partial charge in [-0.3, -0.25) is 10.2 Å². The van der Waals surface area contributed by atoms with Gasteiger partial charge in [0.1, 0.15) is 11.9 Å². The predicted octanol–water partition coefficient (Wildman–Crippen LogP) is 5.27. The van der Waals surface area contributed by atoms with Crippen molar-refractivity contribution in [1.82, 2.24) is 4.90 Å². The van der Waals surface area contributed by atoms with E-state index in [1.807, 2.05) is 66.7 Å². The monoisotopic (exact) mass is 402 g/mol. The molecule has 5 nitrogen and oxygen atoms in total. The van der Waals surface area contributed by atoms with Crippen molar-refractivity contribution >= 4 is 11.8 Å². The molecule has 0 radical (unpaired) electrons. The molecule has 1 heterocycles. The summed E-state index contributed by atoms with van der Waals surface area (Å²) < 4.78 is 5.69. The molecule has 0 aliphatic carbocycles. The van der Waals surface area contributed by atoms with Gasteiger partial charge in [-0.25, -0.2) is 4.79 Å². The lowest BCUT2D eigenvalue weighted by molar-refractivity contribution is 0.0567. The number of piperidine rings is 1. The summed E-state index contributed by atoms with van der Waals surface area (Å²) in [6.45, 7) is 2.59. The Bertz CT molecular complexity index is 965. The number of benzene rings is 3. The molecular formula is C25H26N2O3. The van der Waals surface area contributed by atoms with Crippen LogP contribution in [-0.2, 0) is 11.3 Å². The number of hydrogen-bond acceptors (Lipinski definition) is 4. The minimum absolute atomic E-state index is 0.0787. The highest BCUT2D eigenvalue weighted by Crippen LogP contribution is 2.28. The number of likely N-dealkylation sites (tertiary alicyclic amines) is 1. The van der Waals surface area contributed by atoms with Crippen molar-refractivity contribution in [1.29, 1.82) is 0 Å². The van der Waals surface area contributed by atoms with Gasteiger partial charge in [0.2, 0.25) is 0 Å². The molecular weight excluding hydrogens is 376 g/mol. The SMILES string of the molecule is O=C(Nc1ccccc1-c1ccccc1)OC1CCN(Cc2ccc(O)cc2)CC1. The number of aromatic hydroxyl groups is 1. The average molecular weight is 402 g/mol. The van der Waals surface area contributed by atoms with Gasteiger partial charge in [-0.2, -0.15) is 0 Å². The van der Waals surface area contributed by atoms with Gasteiger partial charge in [0.05, 0.1) is 5.69 Å². The zero-order chi connectivity index (χ0) is 20.8. The van der Waals surface area contributed by atoms with Crippen LogP contribution in [-0.4, -0.2) is 35.3 Å². The van der Waals surface area contributed by atoms with Gasteiger partial charge in [-0.1, -0.05) is 60.7 Å². The molecule has 0 atom stereocenters. The van der Waals surface area contributed by atoms with E-state index in [9.17, 15) is 9.90 Å². The Kier molecular flexibility index (Phi) is 6.30. The lowest BCUT2D eigenvalue weighted by atomic mass is 10.0. The molecule has 3 aromatic carbocycles. The fourth-order valence-corrected chi connectivity index (χ4v) is 3.80. The molecule has 2 N–H and O–H groups in total. The number of anilines is 1. The number of phenols is 1. The molecule has 3 aromatic rings. The summed E-state index contributed by atoms with van der Waals surface area (Å²) in [5, 5.41) is 12.3. The Labute approximate surface area is 176 Å². The summed E-state index contributed by atoms with van der Waals surface area (Å²) >= 11 is 0. The Hall–Kier alpha value is -3.31. The van der Waals surface area contributed by atoms with E-state index >= 15 is 0 Å². The van der Waals surface area contributed by atoms with Crippen LogP contribution in [0.25, 0.3) is 11.1 Å². The van der Waals surface area contributed by atoms with Crippen molar-refractivity contribution in [3.63, 3.8) is 0 Å². The van der Waals surface area contributed by atoms with Crippen LogP contribution in [0.2, 0.25) is 0 Å². The second-order valence-corrected chi connectivity index (χ2v) is 7.58. The van der Waals surface area contributed by atoms with Crippen LogP contribution in [0.5, 0.6) is 5.75 Å². The van der Waals surface area contributed by atoms with E-state index in [2.05, 4.69) is 10.2 Å². The lowest BCUT2D eigenvalue weighted by Crippen LogP contribution is -2.38. The Balaban J connectivity index is 1.29. The maximum Gasteiger partial charge on any atom is 0.411 e. The highest BCUT2D eigenvalue weighted by molar-refractivity contribution is 5.91. The molecule has 0 spiro atoms. The molecule has 4 rings (SSSR count). The highest BCUT2D eigenvalue weighted by atomic mass is 16.6.